The smallest absolute Gasteiger partial charge is 0.260 e. The van der Waals surface area contributed by atoms with E-state index in [1.54, 1.807) is 11.3 Å². The number of hydrogen-bond donors (Lipinski definition) is 2. The van der Waals surface area contributed by atoms with Crippen molar-refractivity contribution in [2.24, 2.45) is 0 Å². The molecule has 4 aromatic rings. The Balaban J connectivity index is 1.32. The minimum atomic E-state index is -0.177. The van der Waals surface area contributed by atoms with E-state index in [2.05, 4.69) is 20.3 Å². The molecule has 2 N–H and O–H groups in total. The molecule has 1 aliphatic carbocycles. The zero-order valence-corrected chi connectivity index (χ0v) is 19.3. The number of H-pyrrole nitrogens is 1. The van der Waals surface area contributed by atoms with Crippen molar-refractivity contribution in [2.45, 2.75) is 37.8 Å². The normalized spacial score (nSPS) is 13.3. The maximum atomic E-state index is 12.8. The van der Waals surface area contributed by atoms with Gasteiger partial charge >= 0.3 is 0 Å². The van der Waals surface area contributed by atoms with E-state index >= 15 is 0 Å². The Hall–Kier alpha value is -2.49. The van der Waals surface area contributed by atoms with Gasteiger partial charge in [0.1, 0.15) is 4.83 Å². The third-order valence-electron chi connectivity index (χ3n) is 5.21. The first-order valence-electron chi connectivity index (χ1n) is 10.1. The van der Waals surface area contributed by atoms with E-state index in [1.165, 1.54) is 34.4 Å². The number of rotatable bonds is 5. The number of thiazole rings is 1. The Morgan fingerprint density at radius 1 is 1.16 bits per heavy atom. The molecule has 0 saturated carbocycles. The Labute approximate surface area is 191 Å². The van der Waals surface area contributed by atoms with Gasteiger partial charge in [0.2, 0.25) is 5.91 Å². The van der Waals surface area contributed by atoms with Crippen LogP contribution in [-0.4, -0.2) is 26.6 Å². The minimum absolute atomic E-state index is 0.147. The molecule has 1 amide bonds. The van der Waals surface area contributed by atoms with Gasteiger partial charge in [0.05, 0.1) is 16.8 Å². The molecule has 9 heteroatoms. The molecule has 0 spiro atoms. The largest absolute Gasteiger partial charge is 0.301 e. The molecule has 0 fully saturated rings. The fourth-order valence-corrected chi connectivity index (χ4v) is 6.64. The van der Waals surface area contributed by atoms with E-state index in [0.29, 0.717) is 20.5 Å². The van der Waals surface area contributed by atoms with Crippen LogP contribution in [0.25, 0.3) is 21.3 Å². The Morgan fingerprint density at radius 2 is 1.97 bits per heavy atom. The van der Waals surface area contributed by atoms with Crippen LogP contribution in [0, 0.1) is 6.92 Å². The number of fused-ring (bicyclic) bond motifs is 2. The average molecular weight is 469 g/mol. The first kappa shape index (κ1) is 20.4. The van der Waals surface area contributed by atoms with Crippen LogP contribution < -0.4 is 10.9 Å². The Kier molecular flexibility index (Phi) is 5.64. The number of anilines is 1. The maximum Gasteiger partial charge on any atom is 0.260 e. The number of carbonyl (C=O) groups excluding carboxylic acids is 1. The molecule has 31 heavy (non-hydrogen) atoms. The number of thiophene rings is 1. The molecular formula is C22H20N4O2S3. The molecule has 158 valence electrons. The summed E-state index contributed by atoms with van der Waals surface area (Å²) in [5, 5.41) is 4.61. The van der Waals surface area contributed by atoms with Gasteiger partial charge in [0, 0.05) is 15.3 Å². The van der Waals surface area contributed by atoms with Crippen LogP contribution in [-0.2, 0) is 17.6 Å². The number of aryl methyl sites for hydroxylation is 3. The molecular weight excluding hydrogens is 448 g/mol. The van der Waals surface area contributed by atoms with Gasteiger partial charge in [0.25, 0.3) is 5.56 Å². The zero-order valence-electron chi connectivity index (χ0n) is 16.9. The number of aromatic nitrogens is 3. The predicted molar refractivity (Wildman–Crippen MR) is 129 cm³/mol. The first-order chi connectivity index (χ1) is 15.1. The molecule has 5 rings (SSSR count). The van der Waals surface area contributed by atoms with Crippen molar-refractivity contribution >= 4 is 55.7 Å². The third kappa shape index (κ3) is 4.17. The van der Waals surface area contributed by atoms with Crippen LogP contribution in [0.2, 0.25) is 0 Å². The zero-order chi connectivity index (χ0) is 21.4. The van der Waals surface area contributed by atoms with Gasteiger partial charge in [-0.05, 0) is 38.2 Å². The molecule has 0 unspecified atom stereocenters. The van der Waals surface area contributed by atoms with Gasteiger partial charge in [-0.25, -0.2) is 9.97 Å². The predicted octanol–water partition coefficient (Wildman–Crippen LogP) is 5.03. The van der Waals surface area contributed by atoms with E-state index < -0.39 is 0 Å². The lowest BCUT2D eigenvalue weighted by atomic mass is 10.0. The van der Waals surface area contributed by atoms with Gasteiger partial charge in [-0.3, -0.25) is 9.59 Å². The summed E-state index contributed by atoms with van der Waals surface area (Å²) in [5.41, 5.74) is 2.88. The van der Waals surface area contributed by atoms with E-state index in [1.807, 2.05) is 37.3 Å². The summed E-state index contributed by atoms with van der Waals surface area (Å²) in [7, 11) is 0. The van der Waals surface area contributed by atoms with Gasteiger partial charge in [-0.15, -0.1) is 22.7 Å². The van der Waals surface area contributed by atoms with Crippen molar-refractivity contribution in [3.8, 4) is 11.1 Å². The maximum absolute atomic E-state index is 12.8. The van der Waals surface area contributed by atoms with Gasteiger partial charge in [0.15, 0.2) is 10.3 Å². The van der Waals surface area contributed by atoms with Gasteiger partial charge in [-0.2, -0.15) is 0 Å². The van der Waals surface area contributed by atoms with Gasteiger partial charge < -0.3 is 10.3 Å². The highest BCUT2D eigenvalue weighted by Crippen LogP contribution is 2.36. The fraction of sp³-hybridized carbons (Fsp3) is 0.273. The Bertz CT molecular complexity index is 1300. The van der Waals surface area contributed by atoms with Crippen LogP contribution in [0.5, 0.6) is 0 Å². The van der Waals surface area contributed by atoms with Crippen LogP contribution in [0.15, 0.2) is 40.3 Å². The molecule has 6 nitrogen and oxygen atoms in total. The second-order valence-electron chi connectivity index (χ2n) is 7.38. The van der Waals surface area contributed by atoms with Crippen LogP contribution in [0.3, 0.4) is 0 Å². The monoisotopic (exact) mass is 468 g/mol. The van der Waals surface area contributed by atoms with Crippen LogP contribution in [0.4, 0.5) is 5.13 Å². The first-order valence-corrected chi connectivity index (χ1v) is 12.7. The SMILES string of the molecule is Cc1sc2nc(SCC(=O)Nc3nc4c(s3)CCCC4)[nH]c(=O)c2c1-c1ccccc1. The van der Waals surface area contributed by atoms with Gasteiger partial charge in [-0.1, -0.05) is 42.1 Å². The summed E-state index contributed by atoms with van der Waals surface area (Å²) in [6, 6.07) is 9.87. The van der Waals surface area contributed by atoms with Crippen molar-refractivity contribution in [1.29, 1.82) is 0 Å². The van der Waals surface area contributed by atoms with E-state index in [-0.39, 0.29) is 17.2 Å². The van der Waals surface area contributed by atoms with E-state index in [0.717, 1.165) is 41.0 Å². The highest BCUT2D eigenvalue weighted by atomic mass is 32.2. The number of nitrogens with zero attached hydrogens (tertiary/aromatic N) is 2. The van der Waals surface area contributed by atoms with Crippen molar-refractivity contribution in [2.75, 3.05) is 11.1 Å². The van der Waals surface area contributed by atoms with Crippen molar-refractivity contribution in [1.82, 2.24) is 15.0 Å². The highest BCUT2D eigenvalue weighted by molar-refractivity contribution is 7.99. The summed E-state index contributed by atoms with van der Waals surface area (Å²) in [5.74, 6) is 0.0142. The molecule has 1 aromatic carbocycles. The summed E-state index contributed by atoms with van der Waals surface area (Å²) in [4.78, 5) is 40.3. The number of nitrogens with one attached hydrogen (secondary N) is 2. The highest BCUT2D eigenvalue weighted by Gasteiger charge is 2.18. The molecule has 0 bridgehead atoms. The number of amides is 1. The quantitative estimate of drug-likeness (QED) is 0.317. The van der Waals surface area contributed by atoms with Crippen molar-refractivity contribution in [3.05, 3.63) is 56.1 Å². The summed E-state index contributed by atoms with van der Waals surface area (Å²) < 4.78 is 0. The number of thioether (sulfide) groups is 1. The molecule has 0 saturated heterocycles. The van der Waals surface area contributed by atoms with Crippen LogP contribution >= 0.6 is 34.4 Å². The van der Waals surface area contributed by atoms with Crippen molar-refractivity contribution in [3.63, 3.8) is 0 Å². The second kappa shape index (κ2) is 8.57. The molecule has 0 atom stereocenters. The van der Waals surface area contributed by atoms with Crippen LogP contribution in [0.1, 0.15) is 28.3 Å². The topological polar surface area (TPSA) is 87.7 Å². The lowest BCUT2D eigenvalue weighted by Crippen LogP contribution is -2.15. The summed E-state index contributed by atoms with van der Waals surface area (Å²) in [6.45, 7) is 2.00. The molecule has 0 aliphatic heterocycles. The number of hydrogen-bond acceptors (Lipinski definition) is 7. The summed E-state index contributed by atoms with van der Waals surface area (Å²) in [6.07, 6.45) is 4.39. The molecule has 0 radical (unpaired) electrons. The molecule has 3 heterocycles. The number of aromatic amines is 1. The minimum Gasteiger partial charge on any atom is -0.301 e. The number of benzene rings is 1. The van der Waals surface area contributed by atoms with Crippen molar-refractivity contribution < 1.29 is 4.79 Å². The lowest BCUT2D eigenvalue weighted by Gasteiger charge is -2.06. The van der Waals surface area contributed by atoms with E-state index in [4.69, 9.17) is 0 Å². The van der Waals surface area contributed by atoms with E-state index in [9.17, 15) is 9.59 Å². The average Bonchev–Trinajstić information content (AvgIpc) is 3.32. The molecule has 1 aliphatic rings. The fourth-order valence-electron chi connectivity index (χ4n) is 3.81. The Morgan fingerprint density at radius 3 is 2.77 bits per heavy atom. The standard InChI is InChI=1S/C22H20N4O2S3/c1-12-17(13-7-3-2-4-8-13)18-19(28)25-21(26-20(18)30-12)29-11-16(27)24-22-23-14-9-5-6-10-15(14)31-22/h2-4,7-8H,5-6,9-11H2,1H3,(H,23,24,27)(H,25,26,28). The summed E-state index contributed by atoms with van der Waals surface area (Å²) >= 11 is 4.30. The lowest BCUT2D eigenvalue weighted by molar-refractivity contribution is -0.113. The second-order valence-corrected chi connectivity index (χ2v) is 10.6. The number of carbonyl (C=O) groups is 1. The molecule has 3 aromatic heterocycles. The third-order valence-corrected chi connectivity index (χ3v) is 8.16.